The van der Waals surface area contributed by atoms with Crippen LogP contribution in [0, 0.1) is 0 Å². The summed E-state index contributed by atoms with van der Waals surface area (Å²) in [7, 11) is 0. The molecule has 7 nitrogen and oxygen atoms in total. The number of nitrogens with zero attached hydrogens (tertiary/aromatic N) is 1. The highest BCUT2D eigenvalue weighted by molar-refractivity contribution is 5.65. The van der Waals surface area contributed by atoms with Crippen molar-refractivity contribution in [3.63, 3.8) is 0 Å². The normalized spacial score (nSPS) is 17.9. The van der Waals surface area contributed by atoms with E-state index in [4.69, 9.17) is 10.2 Å². The van der Waals surface area contributed by atoms with E-state index >= 15 is 0 Å². The molecule has 0 aliphatic carbocycles. The van der Waals surface area contributed by atoms with Gasteiger partial charge in [0.2, 0.25) is 0 Å². The van der Waals surface area contributed by atoms with E-state index in [1.807, 2.05) is 6.07 Å². The van der Waals surface area contributed by atoms with Crippen molar-refractivity contribution in [2.24, 2.45) is 5.10 Å². The van der Waals surface area contributed by atoms with Crippen LogP contribution in [0.3, 0.4) is 0 Å². The van der Waals surface area contributed by atoms with Gasteiger partial charge in [0.15, 0.2) is 0 Å². The average molecular weight is 270 g/mol. The Morgan fingerprint density at radius 3 is 2.26 bits per heavy atom. The van der Waals surface area contributed by atoms with Gasteiger partial charge in [0.1, 0.15) is 24.4 Å². The fourth-order valence-electron chi connectivity index (χ4n) is 1.33. The molecule has 1 aromatic rings. The third-order valence-corrected chi connectivity index (χ3v) is 2.48. The molecule has 19 heavy (non-hydrogen) atoms. The molecule has 7 heteroatoms. The third-order valence-electron chi connectivity index (χ3n) is 2.48. The lowest BCUT2D eigenvalue weighted by Gasteiger charge is -2.23. The highest BCUT2D eigenvalue weighted by Gasteiger charge is 2.29. The number of para-hydroxylation sites is 1. The summed E-state index contributed by atoms with van der Waals surface area (Å²) in [6.07, 6.45) is -5.33. The van der Waals surface area contributed by atoms with E-state index in [1.165, 1.54) is 0 Å². The highest BCUT2D eigenvalue weighted by Crippen LogP contribution is 2.06. The summed E-state index contributed by atoms with van der Waals surface area (Å²) < 4.78 is 0. The summed E-state index contributed by atoms with van der Waals surface area (Å²) in [5, 5.41) is 49.8. The zero-order valence-corrected chi connectivity index (χ0v) is 10.2. The van der Waals surface area contributed by atoms with E-state index in [1.54, 1.807) is 24.3 Å². The lowest BCUT2D eigenvalue weighted by Crippen LogP contribution is -2.46. The van der Waals surface area contributed by atoms with Gasteiger partial charge in [-0.3, -0.25) is 5.43 Å². The molecular weight excluding hydrogens is 252 g/mol. The minimum absolute atomic E-state index is 0.691. The number of hydrazone groups is 1. The Morgan fingerprint density at radius 2 is 1.68 bits per heavy atom. The molecule has 1 rings (SSSR count). The molecular formula is C12H18N2O5. The number of nitrogens with one attached hydrogen (secondary N) is 1. The van der Waals surface area contributed by atoms with Crippen molar-refractivity contribution in [3.8, 4) is 0 Å². The first-order chi connectivity index (χ1) is 9.06. The Morgan fingerprint density at radius 1 is 1.05 bits per heavy atom. The number of anilines is 1. The Hall–Kier alpha value is -1.51. The highest BCUT2D eigenvalue weighted by atomic mass is 16.4. The number of benzene rings is 1. The van der Waals surface area contributed by atoms with Crippen molar-refractivity contribution < 1.29 is 25.5 Å². The molecule has 0 saturated heterocycles. The van der Waals surface area contributed by atoms with Crippen LogP contribution < -0.4 is 5.43 Å². The van der Waals surface area contributed by atoms with Crippen molar-refractivity contribution in [1.29, 1.82) is 0 Å². The van der Waals surface area contributed by atoms with Crippen LogP contribution in [0.15, 0.2) is 35.4 Å². The summed E-state index contributed by atoms with van der Waals surface area (Å²) >= 11 is 0. The average Bonchev–Trinajstić information content (AvgIpc) is 2.45. The molecule has 1 aromatic carbocycles. The van der Waals surface area contributed by atoms with Crippen LogP contribution >= 0.6 is 0 Å². The summed E-state index contributed by atoms with van der Waals surface area (Å²) in [5.74, 6) is 0. The summed E-state index contributed by atoms with van der Waals surface area (Å²) in [4.78, 5) is 0. The predicted molar refractivity (Wildman–Crippen MR) is 69.7 cm³/mol. The van der Waals surface area contributed by atoms with Gasteiger partial charge in [0.05, 0.1) is 18.5 Å². The SMILES string of the molecule is OC[C@@H](O)[C@H](O)[C@H](O)[C@@H](O)/C=N\Nc1ccccc1. The van der Waals surface area contributed by atoms with Crippen LogP contribution in [0.2, 0.25) is 0 Å². The second-order valence-corrected chi connectivity index (χ2v) is 3.98. The lowest BCUT2D eigenvalue weighted by molar-refractivity contribution is -0.0999. The number of rotatable bonds is 7. The molecule has 4 atom stereocenters. The molecule has 0 bridgehead atoms. The van der Waals surface area contributed by atoms with E-state index in [9.17, 15) is 15.3 Å². The predicted octanol–water partition coefficient (Wildman–Crippen LogP) is -1.48. The first-order valence-electron chi connectivity index (χ1n) is 5.73. The first kappa shape index (κ1) is 15.5. The van der Waals surface area contributed by atoms with Crippen molar-refractivity contribution in [1.82, 2.24) is 0 Å². The zero-order valence-electron chi connectivity index (χ0n) is 10.2. The van der Waals surface area contributed by atoms with Gasteiger partial charge in [-0.2, -0.15) is 5.10 Å². The van der Waals surface area contributed by atoms with Crippen LogP contribution in [0.5, 0.6) is 0 Å². The molecule has 0 aliphatic rings. The van der Waals surface area contributed by atoms with Crippen LogP contribution in [0.4, 0.5) is 5.69 Å². The quantitative estimate of drug-likeness (QED) is 0.265. The van der Waals surface area contributed by atoms with Crippen molar-refractivity contribution in [2.75, 3.05) is 12.0 Å². The summed E-state index contributed by atoms with van der Waals surface area (Å²) in [5.41, 5.74) is 3.31. The summed E-state index contributed by atoms with van der Waals surface area (Å²) in [6.45, 7) is -0.718. The molecule has 0 spiro atoms. The van der Waals surface area contributed by atoms with E-state index in [2.05, 4.69) is 10.5 Å². The van der Waals surface area contributed by atoms with E-state index < -0.39 is 31.0 Å². The Kier molecular flexibility index (Phi) is 6.40. The maximum absolute atomic E-state index is 9.52. The standard InChI is InChI=1S/C12H18N2O5/c15-7-10(17)12(19)11(18)9(16)6-13-14-8-4-2-1-3-5-8/h1-6,9-12,14-19H,7H2/b13-6-/t9-,10+,11+,12-/m0/s1. The zero-order chi connectivity index (χ0) is 14.3. The minimum Gasteiger partial charge on any atom is -0.394 e. The summed E-state index contributed by atoms with van der Waals surface area (Å²) in [6, 6.07) is 8.93. The van der Waals surface area contributed by atoms with Crippen LogP contribution in [0.25, 0.3) is 0 Å². The van der Waals surface area contributed by atoms with Crippen LogP contribution in [0.1, 0.15) is 0 Å². The Labute approximate surface area is 110 Å². The van der Waals surface area contributed by atoms with Gasteiger partial charge in [-0.15, -0.1) is 0 Å². The van der Waals surface area contributed by atoms with E-state index in [0.29, 0.717) is 5.69 Å². The van der Waals surface area contributed by atoms with Crippen LogP contribution in [-0.4, -0.2) is 62.8 Å². The number of aliphatic hydroxyl groups excluding tert-OH is 5. The smallest absolute Gasteiger partial charge is 0.119 e. The monoisotopic (exact) mass is 270 g/mol. The van der Waals surface area contributed by atoms with Crippen molar-refractivity contribution in [3.05, 3.63) is 30.3 Å². The molecule has 6 N–H and O–H groups in total. The molecule has 0 amide bonds. The molecule has 0 unspecified atom stereocenters. The largest absolute Gasteiger partial charge is 0.394 e. The molecule has 0 aromatic heterocycles. The van der Waals surface area contributed by atoms with Gasteiger partial charge in [0.25, 0.3) is 0 Å². The van der Waals surface area contributed by atoms with Gasteiger partial charge in [-0.05, 0) is 12.1 Å². The number of hydrogen-bond donors (Lipinski definition) is 6. The maximum Gasteiger partial charge on any atom is 0.119 e. The second-order valence-electron chi connectivity index (χ2n) is 3.98. The molecule has 0 radical (unpaired) electrons. The topological polar surface area (TPSA) is 126 Å². The molecule has 0 heterocycles. The molecule has 0 aliphatic heterocycles. The van der Waals surface area contributed by atoms with Crippen LogP contribution in [-0.2, 0) is 0 Å². The number of hydrogen-bond acceptors (Lipinski definition) is 7. The minimum atomic E-state index is -1.66. The van der Waals surface area contributed by atoms with Crippen molar-refractivity contribution >= 4 is 11.9 Å². The first-order valence-corrected chi connectivity index (χ1v) is 5.73. The third kappa shape index (κ3) is 4.93. The number of aliphatic hydroxyl groups is 5. The van der Waals surface area contributed by atoms with Gasteiger partial charge < -0.3 is 25.5 Å². The maximum atomic E-state index is 9.52. The fraction of sp³-hybridized carbons (Fsp3) is 0.417. The van der Waals surface area contributed by atoms with Gasteiger partial charge >= 0.3 is 0 Å². The fourth-order valence-corrected chi connectivity index (χ4v) is 1.33. The van der Waals surface area contributed by atoms with Gasteiger partial charge in [-0.1, -0.05) is 18.2 Å². The Balaban J connectivity index is 2.47. The molecule has 0 fully saturated rings. The van der Waals surface area contributed by atoms with Gasteiger partial charge in [0, 0.05) is 0 Å². The van der Waals surface area contributed by atoms with E-state index in [0.717, 1.165) is 6.21 Å². The second kappa shape index (κ2) is 7.82. The van der Waals surface area contributed by atoms with Crippen molar-refractivity contribution in [2.45, 2.75) is 24.4 Å². The van der Waals surface area contributed by atoms with Gasteiger partial charge in [-0.25, -0.2) is 0 Å². The molecule has 0 saturated carbocycles. The van der Waals surface area contributed by atoms with E-state index in [-0.39, 0.29) is 0 Å². The molecule has 106 valence electrons. The lowest BCUT2D eigenvalue weighted by atomic mass is 10.0. The Bertz CT molecular complexity index is 387.